The Bertz CT molecular complexity index is 630. The molecule has 2 fully saturated rings. The summed E-state index contributed by atoms with van der Waals surface area (Å²) in [7, 11) is 0. The molecule has 25 heavy (non-hydrogen) atoms. The van der Waals surface area contributed by atoms with Crippen molar-refractivity contribution in [3.63, 3.8) is 0 Å². The van der Waals surface area contributed by atoms with E-state index in [0.29, 0.717) is 32.5 Å². The molecule has 2 amide bonds. The number of piperidine rings is 1. The highest BCUT2D eigenvalue weighted by atomic mass is 16.4. The Kier molecular flexibility index (Phi) is 4.39. The molecule has 3 aliphatic rings. The number of carbonyl (C=O) groups excluding carboxylic acids is 2. The molecule has 3 rings (SSSR count). The van der Waals surface area contributed by atoms with Crippen molar-refractivity contribution in [3.8, 4) is 0 Å². The van der Waals surface area contributed by atoms with Gasteiger partial charge in [0.2, 0.25) is 0 Å². The predicted molar refractivity (Wildman–Crippen MR) is 91.5 cm³/mol. The molecule has 2 heterocycles. The number of hydrogen-bond donors (Lipinski definition) is 2. The maximum Gasteiger partial charge on any atom is 0.326 e. The Morgan fingerprint density at radius 1 is 1.16 bits per heavy atom. The lowest BCUT2D eigenvalue weighted by atomic mass is 9.60. The molecule has 0 aromatic rings. The zero-order valence-electron chi connectivity index (χ0n) is 14.9. The number of likely N-dealkylation sites (tertiary alicyclic amines) is 2. The number of aliphatic carboxylic acids is 1. The summed E-state index contributed by atoms with van der Waals surface area (Å²) in [5.74, 6) is -2.06. The Hall–Kier alpha value is -1.89. The summed E-state index contributed by atoms with van der Waals surface area (Å²) in [4.78, 5) is 39.4. The van der Waals surface area contributed by atoms with Gasteiger partial charge in [0.25, 0.3) is 0 Å². The van der Waals surface area contributed by atoms with Gasteiger partial charge >= 0.3 is 17.8 Å². The van der Waals surface area contributed by atoms with Gasteiger partial charge in [0.15, 0.2) is 0 Å². The van der Waals surface area contributed by atoms with Crippen molar-refractivity contribution in [1.82, 2.24) is 9.80 Å². The number of hydrogen-bond acceptors (Lipinski definition) is 4. The second kappa shape index (κ2) is 6.12. The van der Waals surface area contributed by atoms with E-state index in [1.54, 1.807) is 4.90 Å². The van der Waals surface area contributed by atoms with Gasteiger partial charge < -0.3 is 20.6 Å². The highest BCUT2D eigenvalue weighted by molar-refractivity contribution is 6.35. The number of rotatable bonds is 1. The third-order valence-corrected chi connectivity index (χ3v) is 6.16. The Balaban J connectivity index is 1.73. The fourth-order valence-corrected chi connectivity index (χ4v) is 4.92. The summed E-state index contributed by atoms with van der Waals surface area (Å²) in [6.45, 7) is 5.42. The van der Waals surface area contributed by atoms with Crippen LogP contribution in [0.25, 0.3) is 0 Å². The van der Waals surface area contributed by atoms with Gasteiger partial charge in [-0.05, 0) is 43.9 Å². The quantitative estimate of drug-likeness (QED) is 0.533. The number of fused-ring (bicyclic) bond motifs is 1. The van der Waals surface area contributed by atoms with Gasteiger partial charge in [0, 0.05) is 25.2 Å². The van der Waals surface area contributed by atoms with Crippen LogP contribution in [0.4, 0.5) is 0 Å². The SMILES string of the molecule is CC1(N)C=CCC2(C)CN(C(=O)C(=O)N3CCCC3C(=O)O)CCC12. The van der Waals surface area contributed by atoms with Crippen LogP contribution in [-0.2, 0) is 14.4 Å². The van der Waals surface area contributed by atoms with E-state index in [1.165, 1.54) is 4.90 Å². The third-order valence-electron chi connectivity index (χ3n) is 6.16. The molecule has 0 aromatic carbocycles. The average molecular weight is 349 g/mol. The monoisotopic (exact) mass is 349 g/mol. The van der Waals surface area contributed by atoms with Crippen molar-refractivity contribution < 1.29 is 19.5 Å². The van der Waals surface area contributed by atoms with Crippen molar-refractivity contribution >= 4 is 17.8 Å². The van der Waals surface area contributed by atoms with Crippen molar-refractivity contribution in [2.45, 2.75) is 51.1 Å². The molecule has 7 heteroatoms. The molecule has 0 radical (unpaired) electrons. The summed E-state index contributed by atoms with van der Waals surface area (Å²) in [6, 6.07) is -0.880. The van der Waals surface area contributed by atoms with Gasteiger partial charge in [0.05, 0.1) is 0 Å². The molecule has 4 atom stereocenters. The minimum Gasteiger partial charge on any atom is -0.480 e. The van der Waals surface area contributed by atoms with E-state index in [4.69, 9.17) is 5.73 Å². The summed E-state index contributed by atoms with van der Waals surface area (Å²) in [5, 5.41) is 9.24. The number of carboxylic acids is 1. The summed E-state index contributed by atoms with van der Waals surface area (Å²) in [6.07, 6.45) is 6.70. The van der Waals surface area contributed by atoms with Crippen LogP contribution in [0.2, 0.25) is 0 Å². The second-order valence-corrected chi connectivity index (χ2v) is 8.19. The highest BCUT2D eigenvalue weighted by Crippen LogP contribution is 2.47. The maximum absolute atomic E-state index is 12.7. The van der Waals surface area contributed by atoms with Crippen LogP contribution in [0.3, 0.4) is 0 Å². The summed E-state index contributed by atoms with van der Waals surface area (Å²) in [5.41, 5.74) is 5.85. The number of allylic oxidation sites excluding steroid dienone is 1. The number of carbonyl (C=O) groups is 3. The van der Waals surface area contributed by atoms with E-state index in [0.717, 1.165) is 12.8 Å². The molecule has 0 spiro atoms. The number of carboxylic acid groups (broad SMARTS) is 1. The highest BCUT2D eigenvalue weighted by Gasteiger charge is 2.49. The normalized spacial score (nSPS) is 37.7. The van der Waals surface area contributed by atoms with Crippen LogP contribution < -0.4 is 5.73 Å². The molecule has 7 nitrogen and oxygen atoms in total. The predicted octanol–water partition coefficient (Wildman–Crippen LogP) is 0.594. The average Bonchev–Trinajstić information content (AvgIpc) is 3.01. The molecular formula is C18H27N3O4. The zero-order valence-corrected chi connectivity index (χ0v) is 14.9. The fourth-order valence-electron chi connectivity index (χ4n) is 4.92. The van der Waals surface area contributed by atoms with E-state index >= 15 is 0 Å². The van der Waals surface area contributed by atoms with Gasteiger partial charge in [-0.3, -0.25) is 9.59 Å². The Morgan fingerprint density at radius 2 is 1.88 bits per heavy atom. The third kappa shape index (κ3) is 3.05. The Labute approximate surface area is 147 Å². The Morgan fingerprint density at radius 3 is 2.56 bits per heavy atom. The number of nitrogens with zero attached hydrogens (tertiary/aromatic N) is 2. The minimum atomic E-state index is -1.04. The van der Waals surface area contributed by atoms with Crippen LogP contribution in [0.1, 0.15) is 39.5 Å². The van der Waals surface area contributed by atoms with Crippen molar-refractivity contribution in [1.29, 1.82) is 0 Å². The lowest BCUT2D eigenvalue weighted by Crippen LogP contribution is -2.61. The van der Waals surface area contributed by atoms with Crippen LogP contribution >= 0.6 is 0 Å². The number of amides is 2. The van der Waals surface area contributed by atoms with Gasteiger partial charge in [0.1, 0.15) is 6.04 Å². The van der Waals surface area contributed by atoms with Gasteiger partial charge in [-0.1, -0.05) is 19.1 Å². The molecule has 1 aliphatic carbocycles. The van der Waals surface area contributed by atoms with Crippen molar-refractivity contribution in [2.75, 3.05) is 19.6 Å². The largest absolute Gasteiger partial charge is 0.480 e. The molecule has 3 N–H and O–H groups in total. The minimum absolute atomic E-state index is 0.163. The lowest BCUT2D eigenvalue weighted by Gasteiger charge is -2.53. The summed E-state index contributed by atoms with van der Waals surface area (Å²) >= 11 is 0. The van der Waals surface area contributed by atoms with E-state index in [2.05, 4.69) is 13.0 Å². The first kappa shape index (κ1) is 17.9. The molecule has 4 unspecified atom stereocenters. The van der Waals surface area contributed by atoms with Crippen LogP contribution in [-0.4, -0.2) is 63.9 Å². The van der Waals surface area contributed by atoms with Crippen LogP contribution in [0.5, 0.6) is 0 Å². The number of nitrogens with two attached hydrogens (primary N) is 1. The van der Waals surface area contributed by atoms with Crippen molar-refractivity contribution in [3.05, 3.63) is 12.2 Å². The molecule has 138 valence electrons. The van der Waals surface area contributed by atoms with Gasteiger partial charge in [-0.15, -0.1) is 0 Å². The zero-order chi connectivity index (χ0) is 18.4. The molecule has 0 saturated carbocycles. The fraction of sp³-hybridized carbons (Fsp3) is 0.722. The summed E-state index contributed by atoms with van der Waals surface area (Å²) < 4.78 is 0. The molecule has 2 saturated heterocycles. The first-order valence-corrected chi connectivity index (χ1v) is 8.95. The van der Waals surface area contributed by atoms with E-state index in [1.807, 2.05) is 13.0 Å². The van der Waals surface area contributed by atoms with Crippen LogP contribution in [0.15, 0.2) is 12.2 Å². The standard InChI is InChI=1S/C18H27N3O4/c1-17-7-4-8-18(2,19)13(17)6-10-20(11-17)14(22)15(23)21-9-3-5-12(21)16(24)25/h4,8,12-13H,3,5-7,9-11,19H2,1-2H3,(H,24,25). The first-order valence-electron chi connectivity index (χ1n) is 8.95. The van der Waals surface area contributed by atoms with Crippen molar-refractivity contribution in [2.24, 2.45) is 17.1 Å². The molecule has 0 bridgehead atoms. The molecule has 2 aliphatic heterocycles. The first-order chi connectivity index (χ1) is 11.7. The topological polar surface area (TPSA) is 104 Å². The van der Waals surface area contributed by atoms with Crippen LogP contribution in [0, 0.1) is 11.3 Å². The molecular weight excluding hydrogens is 322 g/mol. The van der Waals surface area contributed by atoms with Gasteiger partial charge in [-0.2, -0.15) is 0 Å². The lowest BCUT2D eigenvalue weighted by molar-refractivity contribution is -0.158. The van der Waals surface area contributed by atoms with Gasteiger partial charge in [-0.25, -0.2) is 4.79 Å². The van der Waals surface area contributed by atoms with E-state index in [9.17, 15) is 19.5 Å². The second-order valence-electron chi connectivity index (χ2n) is 8.19. The van der Waals surface area contributed by atoms with E-state index < -0.39 is 29.4 Å². The smallest absolute Gasteiger partial charge is 0.326 e. The maximum atomic E-state index is 12.7. The van der Waals surface area contributed by atoms with E-state index in [-0.39, 0.29) is 11.3 Å². The molecule has 0 aromatic heterocycles.